The number of carbonyl (C=O) groups excluding carboxylic acids is 2. The Balaban J connectivity index is 1.69. The lowest BCUT2D eigenvalue weighted by Crippen LogP contribution is -2.49. The molecule has 0 bridgehead atoms. The maximum Gasteiger partial charge on any atom is 0.261 e. The predicted octanol–water partition coefficient (Wildman–Crippen LogP) is 2.90. The second-order valence-electron chi connectivity index (χ2n) is 7.42. The number of anilines is 2. The van der Waals surface area contributed by atoms with Crippen LogP contribution in [0.2, 0.25) is 0 Å². The molecule has 31 heavy (non-hydrogen) atoms. The molecule has 2 amide bonds. The number of benzene rings is 2. The van der Waals surface area contributed by atoms with E-state index in [2.05, 4.69) is 5.32 Å². The van der Waals surface area contributed by atoms with Gasteiger partial charge < -0.3 is 10.1 Å². The van der Waals surface area contributed by atoms with Crippen LogP contribution in [-0.2, 0) is 19.6 Å². The van der Waals surface area contributed by atoms with Crippen LogP contribution >= 0.6 is 11.8 Å². The number of amides is 2. The number of thioether (sulfide) groups is 1. The Morgan fingerprint density at radius 3 is 2.71 bits per heavy atom. The van der Waals surface area contributed by atoms with E-state index in [0.29, 0.717) is 18.7 Å². The molecule has 1 N–H and O–H groups in total. The molecule has 0 aliphatic carbocycles. The molecule has 2 aromatic rings. The number of hydrogen-bond acceptors (Lipinski definition) is 6. The van der Waals surface area contributed by atoms with E-state index in [1.807, 2.05) is 24.3 Å². The minimum Gasteiger partial charge on any atom is -0.492 e. The van der Waals surface area contributed by atoms with Gasteiger partial charge in [0.1, 0.15) is 10.6 Å². The van der Waals surface area contributed by atoms with Crippen molar-refractivity contribution in [2.75, 3.05) is 30.9 Å². The molecule has 1 fully saturated rings. The monoisotopic (exact) mass is 461 g/mol. The van der Waals surface area contributed by atoms with Crippen LogP contribution in [0.3, 0.4) is 0 Å². The quantitative estimate of drug-likeness (QED) is 0.711. The minimum absolute atomic E-state index is 0.0311. The fourth-order valence-corrected chi connectivity index (χ4v) is 6.25. The largest absolute Gasteiger partial charge is 0.492 e. The van der Waals surface area contributed by atoms with Gasteiger partial charge in [-0.05, 0) is 43.7 Å². The summed E-state index contributed by atoms with van der Waals surface area (Å²) < 4.78 is 32.1. The van der Waals surface area contributed by atoms with Crippen molar-refractivity contribution in [2.45, 2.75) is 34.4 Å². The van der Waals surface area contributed by atoms with Crippen LogP contribution in [0, 0.1) is 0 Å². The van der Waals surface area contributed by atoms with Gasteiger partial charge in [0, 0.05) is 31.1 Å². The Bertz CT molecular complexity index is 1170. The molecule has 2 aromatic carbocycles. The lowest BCUT2D eigenvalue weighted by Gasteiger charge is -2.29. The average molecular weight is 462 g/mol. The highest BCUT2D eigenvalue weighted by Gasteiger charge is 2.57. The summed E-state index contributed by atoms with van der Waals surface area (Å²) in [6.07, 6.45) is 0.648. The summed E-state index contributed by atoms with van der Waals surface area (Å²) >= 11 is 1.35. The number of nitrogens with one attached hydrogen (secondary N) is 1. The molecular weight excluding hydrogens is 438 g/mol. The van der Waals surface area contributed by atoms with Gasteiger partial charge in [-0.25, -0.2) is 12.7 Å². The summed E-state index contributed by atoms with van der Waals surface area (Å²) in [6, 6.07) is 11.9. The third-order valence-corrected chi connectivity index (χ3v) is 8.60. The minimum atomic E-state index is -3.79. The van der Waals surface area contributed by atoms with Gasteiger partial charge in [-0.1, -0.05) is 23.9 Å². The van der Waals surface area contributed by atoms with Crippen molar-refractivity contribution in [3.63, 3.8) is 0 Å². The summed E-state index contributed by atoms with van der Waals surface area (Å²) in [6.45, 7) is 2.07. The Labute approximate surface area is 185 Å². The fourth-order valence-electron chi connectivity index (χ4n) is 3.79. The Morgan fingerprint density at radius 2 is 2.00 bits per heavy atom. The predicted molar refractivity (Wildman–Crippen MR) is 119 cm³/mol. The molecule has 0 spiro atoms. The van der Waals surface area contributed by atoms with E-state index in [0.717, 1.165) is 14.9 Å². The average Bonchev–Trinajstić information content (AvgIpc) is 3.25. The first-order valence-corrected chi connectivity index (χ1v) is 12.1. The fraction of sp³-hybridized carbons (Fsp3) is 0.333. The number of fused-ring (bicyclic) bond motifs is 3. The molecule has 10 heteroatoms. The number of ether oxygens (including phenoxy) is 1. The second kappa shape index (κ2) is 7.85. The van der Waals surface area contributed by atoms with Crippen LogP contribution in [0.4, 0.5) is 11.4 Å². The van der Waals surface area contributed by atoms with Crippen LogP contribution in [0.15, 0.2) is 52.3 Å². The molecule has 1 saturated heterocycles. The van der Waals surface area contributed by atoms with E-state index in [4.69, 9.17) is 4.74 Å². The summed E-state index contributed by atoms with van der Waals surface area (Å²) in [4.78, 5) is 27.3. The van der Waals surface area contributed by atoms with Crippen LogP contribution in [0.1, 0.15) is 19.8 Å². The van der Waals surface area contributed by atoms with Crippen molar-refractivity contribution < 1.29 is 22.7 Å². The number of sulfonamides is 1. The van der Waals surface area contributed by atoms with Crippen molar-refractivity contribution in [1.29, 1.82) is 0 Å². The topological polar surface area (TPSA) is 96.0 Å². The molecule has 0 unspecified atom stereocenters. The van der Waals surface area contributed by atoms with E-state index in [1.165, 1.54) is 38.0 Å². The van der Waals surface area contributed by atoms with Gasteiger partial charge in [0.2, 0.25) is 15.9 Å². The summed E-state index contributed by atoms with van der Waals surface area (Å²) in [5.74, 6) is -0.250. The number of para-hydroxylation sites is 1. The number of carbonyl (C=O) groups is 2. The maximum absolute atomic E-state index is 13.4. The molecule has 0 radical (unpaired) electrons. The zero-order valence-electron chi connectivity index (χ0n) is 17.4. The van der Waals surface area contributed by atoms with Gasteiger partial charge >= 0.3 is 0 Å². The van der Waals surface area contributed by atoms with E-state index in [1.54, 1.807) is 17.9 Å². The standard InChI is InChI=1S/C21H23N3O5S2/c1-4-29-16-10-9-14(13-18(16)31(27,28)23(2)3)22-20(26)21-12-11-19(25)24(21)15-7-5-6-8-17(15)30-21/h5-10,13H,4,11-12H2,1-3H3,(H,22,26)/t21-/m1/s1. The van der Waals surface area contributed by atoms with E-state index in [-0.39, 0.29) is 28.9 Å². The highest BCUT2D eigenvalue weighted by atomic mass is 32.2. The van der Waals surface area contributed by atoms with Crippen LogP contribution in [0.5, 0.6) is 5.75 Å². The molecule has 2 heterocycles. The van der Waals surface area contributed by atoms with E-state index >= 15 is 0 Å². The molecule has 2 aliphatic heterocycles. The van der Waals surface area contributed by atoms with Crippen LogP contribution in [-0.4, -0.2) is 50.1 Å². The van der Waals surface area contributed by atoms with Crippen molar-refractivity contribution in [1.82, 2.24) is 4.31 Å². The molecule has 4 rings (SSSR count). The van der Waals surface area contributed by atoms with Crippen molar-refractivity contribution >= 4 is 45.0 Å². The number of hydrogen-bond donors (Lipinski definition) is 1. The van der Waals surface area contributed by atoms with E-state index in [9.17, 15) is 18.0 Å². The molecule has 164 valence electrons. The Kier molecular flexibility index (Phi) is 5.48. The zero-order chi connectivity index (χ0) is 22.4. The molecular formula is C21H23N3O5S2. The lowest BCUT2D eigenvalue weighted by molar-refractivity contribution is -0.121. The van der Waals surface area contributed by atoms with Crippen molar-refractivity contribution in [3.8, 4) is 5.75 Å². The van der Waals surface area contributed by atoms with Gasteiger partial charge in [-0.15, -0.1) is 0 Å². The molecule has 8 nitrogen and oxygen atoms in total. The first-order valence-electron chi connectivity index (χ1n) is 9.82. The van der Waals surface area contributed by atoms with Gasteiger partial charge in [0.25, 0.3) is 5.91 Å². The summed E-state index contributed by atoms with van der Waals surface area (Å²) in [7, 11) is -0.923. The smallest absolute Gasteiger partial charge is 0.261 e. The maximum atomic E-state index is 13.4. The van der Waals surface area contributed by atoms with Crippen molar-refractivity contribution in [2.24, 2.45) is 0 Å². The highest BCUT2D eigenvalue weighted by molar-refractivity contribution is 8.02. The third-order valence-electron chi connectivity index (χ3n) is 5.29. The Morgan fingerprint density at radius 1 is 1.26 bits per heavy atom. The summed E-state index contributed by atoms with van der Waals surface area (Å²) in [5, 5.41) is 2.83. The van der Waals surface area contributed by atoms with Crippen molar-refractivity contribution in [3.05, 3.63) is 42.5 Å². The zero-order valence-corrected chi connectivity index (χ0v) is 19.0. The molecule has 0 aromatic heterocycles. The normalized spacial score (nSPS) is 20.0. The lowest BCUT2D eigenvalue weighted by atomic mass is 10.1. The second-order valence-corrected chi connectivity index (χ2v) is 10.9. The highest BCUT2D eigenvalue weighted by Crippen LogP contribution is 2.56. The number of nitrogens with zero attached hydrogens (tertiary/aromatic N) is 2. The first kappa shape index (κ1) is 21.7. The molecule has 2 aliphatic rings. The molecule has 1 atom stereocenters. The Hall–Kier alpha value is -2.56. The van der Waals surface area contributed by atoms with Crippen LogP contribution < -0.4 is 15.0 Å². The first-order chi connectivity index (χ1) is 14.7. The van der Waals surface area contributed by atoms with Gasteiger partial charge in [0.05, 0.1) is 12.3 Å². The molecule has 0 saturated carbocycles. The SMILES string of the molecule is CCOc1ccc(NC(=O)[C@]23CCC(=O)N2c2ccccc2S3)cc1S(=O)(=O)N(C)C. The van der Waals surface area contributed by atoms with Gasteiger partial charge in [-0.3, -0.25) is 14.5 Å². The van der Waals surface area contributed by atoms with Gasteiger partial charge in [0.15, 0.2) is 4.87 Å². The third kappa shape index (κ3) is 3.48. The van der Waals surface area contributed by atoms with Gasteiger partial charge in [-0.2, -0.15) is 0 Å². The summed E-state index contributed by atoms with van der Waals surface area (Å²) in [5.41, 5.74) is 1.05. The van der Waals surface area contributed by atoms with Crippen LogP contribution in [0.25, 0.3) is 0 Å². The number of rotatable bonds is 6. The van der Waals surface area contributed by atoms with E-state index < -0.39 is 14.9 Å².